The third-order valence-corrected chi connectivity index (χ3v) is 4.38. The van der Waals surface area contributed by atoms with Crippen molar-refractivity contribution in [1.82, 2.24) is 29.2 Å². The number of carbonyl (C=O) groups is 1. The molecular weight excluding hydrogens is 308 g/mol. The van der Waals surface area contributed by atoms with Gasteiger partial charge in [0, 0.05) is 13.1 Å². The lowest BCUT2D eigenvalue weighted by Gasteiger charge is -2.33. The molecule has 3 aromatic heterocycles. The van der Waals surface area contributed by atoms with E-state index in [2.05, 4.69) is 19.6 Å². The van der Waals surface area contributed by atoms with Crippen LogP contribution in [0.2, 0.25) is 0 Å². The average Bonchev–Trinajstić information content (AvgIpc) is 3.30. The molecule has 0 saturated heterocycles. The molecule has 1 amide bonds. The molecule has 0 fully saturated rings. The van der Waals surface area contributed by atoms with Crippen LogP contribution >= 0.6 is 0 Å². The predicted molar refractivity (Wildman–Crippen MR) is 84.2 cm³/mol. The highest BCUT2D eigenvalue weighted by molar-refractivity contribution is 5.91. The first-order chi connectivity index (χ1) is 11.6. The van der Waals surface area contributed by atoms with Crippen LogP contribution in [0.1, 0.15) is 40.8 Å². The Morgan fingerprint density at radius 1 is 1.38 bits per heavy atom. The van der Waals surface area contributed by atoms with Crippen LogP contribution in [0.15, 0.2) is 35.4 Å². The van der Waals surface area contributed by atoms with E-state index in [4.69, 9.17) is 4.42 Å². The van der Waals surface area contributed by atoms with Crippen molar-refractivity contribution >= 4 is 5.91 Å². The van der Waals surface area contributed by atoms with Gasteiger partial charge in [-0.25, -0.2) is 14.6 Å². The lowest BCUT2D eigenvalue weighted by Crippen LogP contribution is -2.41. The molecule has 8 nitrogen and oxygen atoms in total. The Balaban J connectivity index is 1.58. The van der Waals surface area contributed by atoms with E-state index in [0.29, 0.717) is 25.4 Å². The van der Waals surface area contributed by atoms with Gasteiger partial charge >= 0.3 is 0 Å². The van der Waals surface area contributed by atoms with Gasteiger partial charge in [0.25, 0.3) is 5.91 Å². The molecule has 24 heavy (non-hydrogen) atoms. The molecule has 0 saturated carbocycles. The molecule has 0 N–H and O–H groups in total. The number of nitrogens with zero attached hydrogens (tertiary/aromatic N) is 6. The second-order valence-corrected chi connectivity index (χ2v) is 5.94. The van der Waals surface area contributed by atoms with Gasteiger partial charge in [0.2, 0.25) is 0 Å². The molecule has 0 spiro atoms. The molecule has 1 unspecified atom stereocenters. The Morgan fingerprint density at radius 2 is 2.25 bits per heavy atom. The van der Waals surface area contributed by atoms with Crippen LogP contribution in [-0.4, -0.2) is 41.7 Å². The first-order valence-corrected chi connectivity index (χ1v) is 7.87. The van der Waals surface area contributed by atoms with Crippen molar-refractivity contribution in [3.05, 3.63) is 54.0 Å². The standard InChI is InChI=1S/C16H18N6O2/c1-11-3-4-14(24-11)16(23)21-5-6-22-13(7-18-15(22)12(21)2)8-20-10-17-9-19-20/h3-4,7,9-10,12H,5-6,8H2,1-2H3. The second kappa shape index (κ2) is 5.63. The molecule has 124 valence electrons. The Morgan fingerprint density at radius 3 is 2.96 bits per heavy atom. The predicted octanol–water partition coefficient (Wildman–Crippen LogP) is 1.64. The van der Waals surface area contributed by atoms with Crippen LogP contribution < -0.4 is 0 Å². The molecule has 4 heterocycles. The maximum Gasteiger partial charge on any atom is 0.290 e. The molecule has 4 rings (SSSR count). The fraction of sp³-hybridized carbons (Fsp3) is 0.375. The number of carbonyl (C=O) groups excluding carboxylic acids is 1. The molecular formula is C16H18N6O2. The number of furan rings is 1. The molecule has 8 heteroatoms. The van der Waals surface area contributed by atoms with Crippen molar-refractivity contribution in [2.24, 2.45) is 0 Å². The van der Waals surface area contributed by atoms with Crippen molar-refractivity contribution in [2.45, 2.75) is 33.0 Å². The van der Waals surface area contributed by atoms with Crippen molar-refractivity contribution in [3.8, 4) is 0 Å². The van der Waals surface area contributed by atoms with Gasteiger partial charge in [-0.3, -0.25) is 4.79 Å². The van der Waals surface area contributed by atoms with E-state index in [1.807, 2.05) is 20.0 Å². The minimum Gasteiger partial charge on any atom is -0.456 e. The number of amides is 1. The third-order valence-electron chi connectivity index (χ3n) is 4.38. The van der Waals surface area contributed by atoms with E-state index in [0.717, 1.165) is 17.3 Å². The van der Waals surface area contributed by atoms with E-state index >= 15 is 0 Å². The first kappa shape index (κ1) is 14.7. The zero-order chi connectivity index (χ0) is 16.7. The first-order valence-electron chi connectivity index (χ1n) is 7.87. The summed E-state index contributed by atoms with van der Waals surface area (Å²) in [7, 11) is 0. The average molecular weight is 326 g/mol. The van der Waals surface area contributed by atoms with E-state index in [9.17, 15) is 4.79 Å². The fourth-order valence-electron chi connectivity index (χ4n) is 3.13. The van der Waals surface area contributed by atoms with Gasteiger partial charge in [-0.15, -0.1) is 0 Å². The molecule has 0 radical (unpaired) electrons. The summed E-state index contributed by atoms with van der Waals surface area (Å²) in [5.41, 5.74) is 1.06. The minimum absolute atomic E-state index is 0.0947. The number of aryl methyl sites for hydroxylation is 1. The minimum atomic E-state index is -0.110. The summed E-state index contributed by atoms with van der Waals surface area (Å²) in [5.74, 6) is 1.90. The number of rotatable bonds is 3. The summed E-state index contributed by atoms with van der Waals surface area (Å²) in [6.45, 7) is 5.76. The summed E-state index contributed by atoms with van der Waals surface area (Å²) >= 11 is 0. The van der Waals surface area contributed by atoms with Gasteiger partial charge in [0.05, 0.1) is 24.5 Å². The second-order valence-electron chi connectivity index (χ2n) is 5.94. The van der Waals surface area contributed by atoms with Gasteiger partial charge in [-0.1, -0.05) is 0 Å². The number of hydrogen-bond donors (Lipinski definition) is 0. The number of fused-ring (bicyclic) bond motifs is 1. The van der Waals surface area contributed by atoms with E-state index in [-0.39, 0.29) is 11.9 Å². The summed E-state index contributed by atoms with van der Waals surface area (Å²) < 4.78 is 9.39. The summed E-state index contributed by atoms with van der Waals surface area (Å²) in [4.78, 5) is 23.0. The Bertz CT molecular complexity index is 863. The number of aromatic nitrogens is 5. The topological polar surface area (TPSA) is 82.0 Å². The molecule has 1 atom stereocenters. The highest BCUT2D eigenvalue weighted by Crippen LogP contribution is 2.27. The van der Waals surface area contributed by atoms with E-state index < -0.39 is 0 Å². The van der Waals surface area contributed by atoms with Crippen molar-refractivity contribution < 1.29 is 9.21 Å². The van der Waals surface area contributed by atoms with E-state index in [1.165, 1.54) is 6.33 Å². The Labute approximate surface area is 138 Å². The van der Waals surface area contributed by atoms with Crippen LogP contribution in [0, 0.1) is 6.92 Å². The van der Waals surface area contributed by atoms with Crippen molar-refractivity contribution in [2.75, 3.05) is 6.54 Å². The van der Waals surface area contributed by atoms with Gasteiger partial charge in [0.15, 0.2) is 5.76 Å². The summed E-state index contributed by atoms with van der Waals surface area (Å²) in [6, 6.07) is 3.42. The van der Waals surface area contributed by atoms with Gasteiger partial charge in [-0.05, 0) is 26.0 Å². The zero-order valence-electron chi connectivity index (χ0n) is 13.6. The number of imidazole rings is 1. The normalized spacial score (nSPS) is 17.1. The molecule has 1 aliphatic rings. The largest absolute Gasteiger partial charge is 0.456 e. The van der Waals surface area contributed by atoms with Gasteiger partial charge in [-0.2, -0.15) is 5.10 Å². The third kappa shape index (κ3) is 2.40. The number of hydrogen-bond acceptors (Lipinski definition) is 5. The molecule has 1 aliphatic heterocycles. The quantitative estimate of drug-likeness (QED) is 0.731. The van der Waals surface area contributed by atoms with E-state index in [1.54, 1.807) is 28.0 Å². The van der Waals surface area contributed by atoms with Crippen molar-refractivity contribution in [1.29, 1.82) is 0 Å². The highest BCUT2D eigenvalue weighted by atomic mass is 16.3. The van der Waals surface area contributed by atoms with Gasteiger partial charge < -0.3 is 13.9 Å². The van der Waals surface area contributed by atoms with Crippen LogP contribution in [0.5, 0.6) is 0 Å². The monoisotopic (exact) mass is 326 g/mol. The summed E-state index contributed by atoms with van der Waals surface area (Å²) in [5, 5.41) is 4.13. The maximum absolute atomic E-state index is 12.7. The highest BCUT2D eigenvalue weighted by Gasteiger charge is 2.32. The fourth-order valence-corrected chi connectivity index (χ4v) is 3.13. The van der Waals surface area contributed by atoms with Gasteiger partial charge in [0.1, 0.15) is 24.2 Å². The SMILES string of the molecule is Cc1ccc(C(=O)N2CCn3c(Cn4cncn4)cnc3C2C)o1. The molecule has 3 aromatic rings. The lowest BCUT2D eigenvalue weighted by atomic mass is 10.2. The summed E-state index contributed by atoms with van der Waals surface area (Å²) in [6.07, 6.45) is 5.04. The van der Waals surface area contributed by atoms with Crippen LogP contribution in [0.25, 0.3) is 0 Å². The van der Waals surface area contributed by atoms with Crippen molar-refractivity contribution in [3.63, 3.8) is 0 Å². The van der Waals surface area contributed by atoms with Crippen LogP contribution in [-0.2, 0) is 13.1 Å². The van der Waals surface area contributed by atoms with Crippen LogP contribution in [0.4, 0.5) is 0 Å². The maximum atomic E-state index is 12.7. The molecule has 0 bridgehead atoms. The smallest absolute Gasteiger partial charge is 0.290 e. The Kier molecular flexibility index (Phi) is 3.44. The van der Waals surface area contributed by atoms with Crippen LogP contribution in [0.3, 0.4) is 0 Å². The molecule has 0 aliphatic carbocycles. The Hall–Kier alpha value is -2.90. The lowest BCUT2D eigenvalue weighted by molar-refractivity contribution is 0.0602. The molecule has 0 aromatic carbocycles. The zero-order valence-corrected chi connectivity index (χ0v) is 13.6.